The molecule has 1 aromatic heterocycles. The summed E-state index contributed by atoms with van der Waals surface area (Å²) in [6, 6.07) is 7.10. The van der Waals surface area contributed by atoms with Crippen LogP contribution >= 0.6 is 0 Å². The van der Waals surface area contributed by atoms with Crippen LogP contribution in [0.15, 0.2) is 43.0 Å². The summed E-state index contributed by atoms with van der Waals surface area (Å²) in [5.74, 6) is 0.713. The highest BCUT2D eigenvalue weighted by atomic mass is 16.5. The van der Waals surface area contributed by atoms with Crippen LogP contribution in [0.1, 0.15) is 10.4 Å². The molecule has 4 heteroatoms. The predicted molar refractivity (Wildman–Crippen MR) is 59.6 cm³/mol. The van der Waals surface area contributed by atoms with Crippen LogP contribution in [-0.4, -0.2) is 22.4 Å². The number of ether oxygens (including phenoxy) is 1. The standard InChI is InChI=1S/C12H12N2O2/c15-9-11-2-1-3-12(8-11)16-7-6-14-5-4-13-10-14/h1-5,8-10H,6-7H2. The fourth-order valence-electron chi connectivity index (χ4n) is 1.37. The Morgan fingerprint density at radius 2 is 2.38 bits per heavy atom. The van der Waals surface area contributed by atoms with Gasteiger partial charge in [-0.05, 0) is 12.1 Å². The van der Waals surface area contributed by atoms with E-state index in [0.29, 0.717) is 17.9 Å². The van der Waals surface area contributed by atoms with Crippen molar-refractivity contribution in [3.8, 4) is 5.75 Å². The summed E-state index contributed by atoms with van der Waals surface area (Å²) in [6.07, 6.45) is 6.16. The van der Waals surface area contributed by atoms with Crippen LogP contribution in [0.5, 0.6) is 5.75 Å². The van der Waals surface area contributed by atoms with Crippen LogP contribution in [0.4, 0.5) is 0 Å². The third-order valence-electron chi connectivity index (χ3n) is 2.17. The fourth-order valence-corrected chi connectivity index (χ4v) is 1.37. The van der Waals surface area contributed by atoms with Gasteiger partial charge in [0.25, 0.3) is 0 Å². The average molecular weight is 216 g/mol. The first kappa shape index (κ1) is 10.4. The van der Waals surface area contributed by atoms with Crippen LogP contribution in [0, 0.1) is 0 Å². The quantitative estimate of drug-likeness (QED) is 0.715. The molecule has 2 aromatic rings. The molecule has 0 spiro atoms. The fraction of sp³-hybridized carbons (Fsp3) is 0.167. The number of benzene rings is 1. The molecule has 2 rings (SSSR count). The molecule has 0 bridgehead atoms. The molecule has 0 aliphatic heterocycles. The second kappa shape index (κ2) is 5.11. The summed E-state index contributed by atoms with van der Waals surface area (Å²) >= 11 is 0. The van der Waals surface area contributed by atoms with Crippen molar-refractivity contribution < 1.29 is 9.53 Å². The van der Waals surface area contributed by atoms with E-state index in [9.17, 15) is 4.79 Å². The third-order valence-corrected chi connectivity index (χ3v) is 2.17. The number of hydrogen-bond donors (Lipinski definition) is 0. The molecule has 0 fully saturated rings. The molecular formula is C12H12N2O2. The van der Waals surface area contributed by atoms with Gasteiger partial charge in [-0.2, -0.15) is 0 Å². The summed E-state index contributed by atoms with van der Waals surface area (Å²) in [5, 5.41) is 0. The molecule has 0 amide bonds. The molecule has 1 heterocycles. The number of rotatable bonds is 5. The van der Waals surface area contributed by atoms with Gasteiger partial charge in [0.1, 0.15) is 18.6 Å². The summed E-state index contributed by atoms with van der Waals surface area (Å²) in [4.78, 5) is 14.5. The van der Waals surface area contributed by atoms with Crippen molar-refractivity contribution in [2.45, 2.75) is 6.54 Å². The highest BCUT2D eigenvalue weighted by molar-refractivity contribution is 5.75. The van der Waals surface area contributed by atoms with Crippen molar-refractivity contribution in [2.24, 2.45) is 0 Å². The van der Waals surface area contributed by atoms with Crippen molar-refractivity contribution in [3.05, 3.63) is 48.5 Å². The largest absolute Gasteiger partial charge is 0.492 e. The molecule has 0 saturated carbocycles. The lowest BCUT2D eigenvalue weighted by Gasteiger charge is -2.06. The number of hydrogen-bond acceptors (Lipinski definition) is 3. The lowest BCUT2D eigenvalue weighted by molar-refractivity contribution is 0.112. The predicted octanol–water partition coefficient (Wildman–Crippen LogP) is 1.77. The molecule has 1 aromatic carbocycles. The van der Waals surface area contributed by atoms with Crippen LogP contribution in [0.25, 0.3) is 0 Å². The highest BCUT2D eigenvalue weighted by Gasteiger charge is 1.96. The van der Waals surface area contributed by atoms with E-state index in [4.69, 9.17) is 4.74 Å². The third kappa shape index (κ3) is 2.70. The van der Waals surface area contributed by atoms with Gasteiger partial charge in [-0.1, -0.05) is 12.1 Å². The maximum absolute atomic E-state index is 10.6. The topological polar surface area (TPSA) is 44.1 Å². The van der Waals surface area contributed by atoms with E-state index >= 15 is 0 Å². The summed E-state index contributed by atoms with van der Waals surface area (Å²) in [5.41, 5.74) is 0.625. The van der Waals surface area contributed by atoms with E-state index in [1.807, 2.05) is 16.8 Å². The summed E-state index contributed by atoms with van der Waals surface area (Å²) in [6.45, 7) is 1.30. The van der Waals surface area contributed by atoms with E-state index in [-0.39, 0.29) is 0 Å². The Morgan fingerprint density at radius 3 is 3.12 bits per heavy atom. The van der Waals surface area contributed by atoms with Gasteiger partial charge in [-0.3, -0.25) is 4.79 Å². The van der Waals surface area contributed by atoms with E-state index < -0.39 is 0 Å². The Balaban J connectivity index is 1.87. The van der Waals surface area contributed by atoms with Crippen LogP contribution in [-0.2, 0) is 6.54 Å². The first-order valence-electron chi connectivity index (χ1n) is 5.02. The molecular weight excluding hydrogens is 204 g/mol. The Kier molecular flexibility index (Phi) is 3.33. The van der Waals surface area contributed by atoms with Crippen LogP contribution in [0.2, 0.25) is 0 Å². The lowest BCUT2D eigenvalue weighted by Crippen LogP contribution is -2.06. The van der Waals surface area contributed by atoms with Crippen molar-refractivity contribution in [3.63, 3.8) is 0 Å². The van der Waals surface area contributed by atoms with Crippen molar-refractivity contribution in [2.75, 3.05) is 6.61 Å². The first-order valence-corrected chi connectivity index (χ1v) is 5.02. The molecule has 16 heavy (non-hydrogen) atoms. The van der Waals surface area contributed by atoms with Crippen LogP contribution < -0.4 is 4.74 Å². The van der Waals surface area contributed by atoms with Gasteiger partial charge in [0.2, 0.25) is 0 Å². The second-order valence-corrected chi connectivity index (χ2v) is 3.34. The molecule has 0 unspecified atom stereocenters. The van der Waals surface area contributed by atoms with Gasteiger partial charge >= 0.3 is 0 Å². The number of carbonyl (C=O) groups is 1. The number of carbonyl (C=O) groups excluding carboxylic acids is 1. The smallest absolute Gasteiger partial charge is 0.150 e. The maximum atomic E-state index is 10.6. The van der Waals surface area contributed by atoms with Gasteiger partial charge < -0.3 is 9.30 Å². The normalized spacial score (nSPS) is 10.0. The minimum atomic E-state index is 0.554. The van der Waals surface area contributed by atoms with Gasteiger partial charge in [0.05, 0.1) is 12.9 Å². The monoisotopic (exact) mass is 216 g/mol. The van der Waals surface area contributed by atoms with Gasteiger partial charge in [0, 0.05) is 18.0 Å². The van der Waals surface area contributed by atoms with E-state index in [1.165, 1.54) is 0 Å². The summed E-state index contributed by atoms with van der Waals surface area (Å²) < 4.78 is 7.45. The number of aromatic nitrogens is 2. The average Bonchev–Trinajstić information content (AvgIpc) is 2.82. The van der Waals surface area contributed by atoms with E-state index in [2.05, 4.69) is 4.98 Å². The Hall–Kier alpha value is -2.10. The summed E-state index contributed by atoms with van der Waals surface area (Å²) in [7, 11) is 0. The second-order valence-electron chi connectivity index (χ2n) is 3.34. The molecule has 0 saturated heterocycles. The van der Waals surface area contributed by atoms with Crippen molar-refractivity contribution in [1.82, 2.24) is 9.55 Å². The van der Waals surface area contributed by atoms with Crippen LogP contribution in [0.3, 0.4) is 0 Å². The molecule has 4 nitrogen and oxygen atoms in total. The Labute approximate surface area is 93.5 Å². The number of nitrogens with zero attached hydrogens (tertiary/aromatic N) is 2. The maximum Gasteiger partial charge on any atom is 0.150 e. The van der Waals surface area contributed by atoms with Crippen molar-refractivity contribution in [1.29, 1.82) is 0 Å². The Morgan fingerprint density at radius 1 is 1.44 bits per heavy atom. The lowest BCUT2D eigenvalue weighted by atomic mass is 10.2. The molecule has 0 aliphatic carbocycles. The molecule has 0 aliphatic rings. The number of imidazole rings is 1. The van der Waals surface area contributed by atoms with E-state index in [1.54, 1.807) is 30.7 Å². The molecule has 0 atom stereocenters. The van der Waals surface area contributed by atoms with Gasteiger partial charge in [-0.15, -0.1) is 0 Å². The first-order chi connectivity index (χ1) is 7.88. The zero-order chi connectivity index (χ0) is 11.2. The van der Waals surface area contributed by atoms with E-state index in [0.717, 1.165) is 12.8 Å². The highest BCUT2D eigenvalue weighted by Crippen LogP contribution is 2.11. The van der Waals surface area contributed by atoms with Gasteiger partial charge in [-0.25, -0.2) is 4.98 Å². The van der Waals surface area contributed by atoms with Crippen molar-refractivity contribution >= 4 is 6.29 Å². The minimum absolute atomic E-state index is 0.554. The molecule has 0 N–H and O–H groups in total. The SMILES string of the molecule is O=Cc1cccc(OCCn2ccnc2)c1. The number of aldehydes is 1. The zero-order valence-electron chi connectivity index (χ0n) is 8.74. The Bertz CT molecular complexity index is 452. The van der Waals surface area contributed by atoms with Gasteiger partial charge in [0.15, 0.2) is 0 Å². The zero-order valence-corrected chi connectivity index (χ0v) is 8.74. The molecule has 0 radical (unpaired) electrons. The molecule has 82 valence electrons. The minimum Gasteiger partial charge on any atom is -0.492 e.